The average molecular weight is 570 g/mol. The van der Waals surface area contributed by atoms with Crippen LogP contribution in [0, 0.1) is 5.41 Å². The third-order valence-corrected chi connectivity index (χ3v) is 8.96. The first-order valence-corrected chi connectivity index (χ1v) is 14.7. The topological polar surface area (TPSA) is 104 Å². The number of nitrogens with one attached hydrogen (secondary N) is 1. The van der Waals surface area contributed by atoms with Gasteiger partial charge in [-0.2, -0.15) is 0 Å². The number of hydrogen-bond donors (Lipinski definition) is 2. The third-order valence-electron chi connectivity index (χ3n) is 6.82. The van der Waals surface area contributed by atoms with Crippen LogP contribution in [0.25, 0.3) is 0 Å². The summed E-state index contributed by atoms with van der Waals surface area (Å²) in [5.74, 6) is -2.10. The second-order valence-corrected chi connectivity index (χ2v) is 13.0. The Kier molecular flexibility index (Phi) is 9.32. The van der Waals surface area contributed by atoms with Crippen LogP contribution >= 0.6 is 23.2 Å². The summed E-state index contributed by atoms with van der Waals surface area (Å²) in [7, 11) is -3.73. The summed E-state index contributed by atoms with van der Waals surface area (Å²) in [6.45, 7) is 6.96. The lowest BCUT2D eigenvalue weighted by Crippen LogP contribution is -2.58. The molecule has 0 radical (unpaired) electrons. The lowest BCUT2D eigenvalue weighted by atomic mass is 9.67. The molecule has 4 atom stereocenters. The zero-order valence-electron chi connectivity index (χ0n) is 21.4. The molecule has 1 fully saturated rings. The number of halogens is 2. The highest BCUT2D eigenvalue weighted by molar-refractivity contribution is 7.89. The van der Waals surface area contributed by atoms with Gasteiger partial charge < -0.3 is 10.0 Å². The van der Waals surface area contributed by atoms with Crippen molar-refractivity contribution >= 4 is 45.1 Å². The largest absolute Gasteiger partial charge is 0.481 e. The number of piperidine rings is 1. The van der Waals surface area contributed by atoms with Gasteiger partial charge in [0.15, 0.2) is 0 Å². The SMILES string of the molecule is CCC(CS(=O)(=O)NC(C)C)N1C(=O)[C@@](C)(CC(=O)O)C[C@H](c2cccc(Cl)c2)[C@H]1c1ccc(Cl)cc1. The van der Waals surface area contributed by atoms with Crippen molar-refractivity contribution in [3.63, 3.8) is 0 Å². The molecule has 1 saturated heterocycles. The van der Waals surface area contributed by atoms with Crippen molar-refractivity contribution < 1.29 is 23.1 Å². The summed E-state index contributed by atoms with van der Waals surface area (Å²) in [5, 5.41) is 10.8. The highest BCUT2D eigenvalue weighted by Gasteiger charge is 2.52. The molecule has 1 unspecified atom stereocenters. The van der Waals surface area contributed by atoms with Gasteiger partial charge in [0.25, 0.3) is 0 Å². The molecule has 202 valence electrons. The Morgan fingerprint density at radius 2 is 1.78 bits per heavy atom. The molecule has 1 aliphatic heterocycles. The van der Waals surface area contributed by atoms with E-state index in [4.69, 9.17) is 23.2 Å². The van der Waals surface area contributed by atoms with Gasteiger partial charge >= 0.3 is 5.97 Å². The molecule has 1 heterocycles. The van der Waals surface area contributed by atoms with E-state index in [-0.39, 0.29) is 36.5 Å². The molecule has 3 rings (SSSR count). The Morgan fingerprint density at radius 1 is 1.14 bits per heavy atom. The lowest BCUT2D eigenvalue weighted by Gasteiger charge is -2.51. The summed E-state index contributed by atoms with van der Waals surface area (Å²) in [6.07, 6.45) is 0.246. The van der Waals surface area contributed by atoms with Crippen molar-refractivity contribution in [3.8, 4) is 0 Å². The first-order chi connectivity index (χ1) is 17.3. The maximum Gasteiger partial charge on any atom is 0.304 e. The summed E-state index contributed by atoms with van der Waals surface area (Å²) >= 11 is 12.5. The molecule has 1 amide bonds. The normalized spacial score (nSPS) is 23.3. The first-order valence-electron chi connectivity index (χ1n) is 12.3. The number of carbonyl (C=O) groups excluding carboxylic acids is 1. The van der Waals surface area contributed by atoms with E-state index in [2.05, 4.69) is 4.72 Å². The van der Waals surface area contributed by atoms with E-state index in [1.54, 1.807) is 43.9 Å². The fourth-order valence-corrected chi connectivity index (χ4v) is 7.38. The van der Waals surface area contributed by atoms with Crippen LogP contribution in [0.15, 0.2) is 48.5 Å². The number of hydrogen-bond acceptors (Lipinski definition) is 4. The Morgan fingerprint density at radius 3 is 2.32 bits per heavy atom. The Labute approximate surface area is 229 Å². The summed E-state index contributed by atoms with van der Waals surface area (Å²) in [5.41, 5.74) is 0.386. The monoisotopic (exact) mass is 568 g/mol. The van der Waals surface area contributed by atoms with E-state index in [9.17, 15) is 23.1 Å². The fraction of sp³-hybridized carbons (Fsp3) is 0.481. The number of carboxylic acid groups (broad SMARTS) is 1. The van der Waals surface area contributed by atoms with Crippen LogP contribution in [0.5, 0.6) is 0 Å². The molecule has 2 aromatic rings. The van der Waals surface area contributed by atoms with Crippen molar-refractivity contribution in [1.29, 1.82) is 0 Å². The van der Waals surface area contributed by atoms with E-state index < -0.39 is 33.5 Å². The Hall–Kier alpha value is -2.13. The van der Waals surface area contributed by atoms with Gasteiger partial charge in [0.05, 0.1) is 23.6 Å². The maximum atomic E-state index is 14.2. The Bertz CT molecular complexity index is 1240. The van der Waals surface area contributed by atoms with Gasteiger partial charge in [-0.3, -0.25) is 9.59 Å². The van der Waals surface area contributed by atoms with Gasteiger partial charge in [0.2, 0.25) is 15.9 Å². The van der Waals surface area contributed by atoms with Crippen LogP contribution in [0.4, 0.5) is 0 Å². The number of benzene rings is 2. The molecular weight excluding hydrogens is 535 g/mol. The number of sulfonamides is 1. The number of carbonyl (C=O) groups is 2. The fourth-order valence-electron chi connectivity index (χ4n) is 5.34. The summed E-state index contributed by atoms with van der Waals surface area (Å²) in [6, 6.07) is 12.9. The van der Waals surface area contributed by atoms with E-state index in [0.29, 0.717) is 16.5 Å². The Balaban J connectivity index is 2.23. The highest BCUT2D eigenvalue weighted by Crippen LogP contribution is 2.52. The lowest BCUT2D eigenvalue weighted by molar-refractivity contribution is -0.160. The number of amides is 1. The quantitative estimate of drug-likeness (QED) is 0.386. The molecule has 1 aliphatic rings. The van der Waals surface area contributed by atoms with Crippen LogP contribution in [-0.4, -0.2) is 48.1 Å². The number of rotatable bonds is 10. The smallest absolute Gasteiger partial charge is 0.304 e. The number of carboxylic acids is 1. The summed E-state index contributed by atoms with van der Waals surface area (Å²) in [4.78, 5) is 27.7. The molecule has 2 N–H and O–H groups in total. The molecule has 0 aromatic heterocycles. The molecule has 7 nitrogen and oxygen atoms in total. The van der Waals surface area contributed by atoms with Gasteiger partial charge in [-0.1, -0.05) is 61.3 Å². The second kappa shape index (κ2) is 11.7. The van der Waals surface area contributed by atoms with Gasteiger partial charge in [-0.25, -0.2) is 13.1 Å². The number of nitrogens with zero attached hydrogens (tertiary/aromatic N) is 1. The van der Waals surface area contributed by atoms with Crippen molar-refractivity contribution in [3.05, 3.63) is 69.7 Å². The minimum Gasteiger partial charge on any atom is -0.481 e. The maximum absolute atomic E-state index is 14.2. The van der Waals surface area contributed by atoms with Gasteiger partial charge in [0, 0.05) is 28.0 Å². The van der Waals surface area contributed by atoms with E-state index in [1.165, 1.54) is 0 Å². The molecular formula is C27H34Cl2N2O5S. The average Bonchev–Trinajstić information content (AvgIpc) is 2.78. The van der Waals surface area contributed by atoms with Gasteiger partial charge in [-0.05, 0) is 62.1 Å². The van der Waals surface area contributed by atoms with E-state index in [0.717, 1.165) is 11.1 Å². The first kappa shape index (κ1) is 29.4. The predicted molar refractivity (Wildman–Crippen MR) is 146 cm³/mol. The molecule has 2 aromatic carbocycles. The minimum atomic E-state index is -3.73. The minimum absolute atomic E-state index is 0.260. The predicted octanol–water partition coefficient (Wildman–Crippen LogP) is 5.64. The van der Waals surface area contributed by atoms with Gasteiger partial charge in [0.1, 0.15) is 0 Å². The molecule has 10 heteroatoms. The van der Waals surface area contributed by atoms with Crippen LogP contribution in [0.1, 0.15) is 70.0 Å². The third kappa shape index (κ3) is 7.05. The van der Waals surface area contributed by atoms with Crippen LogP contribution in [0.3, 0.4) is 0 Å². The van der Waals surface area contributed by atoms with Crippen LogP contribution in [0.2, 0.25) is 10.0 Å². The molecule has 0 aliphatic carbocycles. The van der Waals surface area contributed by atoms with E-state index >= 15 is 0 Å². The zero-order valence-corrected chi connectivity index (χ0v) is 23.8. The second-order valence-electron chi connectivity index (χ2n) is 10.3. The van der Waals surface area contributed by atoms with Crippen molar-refractivity contribution in [2.45, 2.75) is 71.0 Å². The number of aliphatic carboxylic acids is 1. The molecule has 0 spiro atoms. The standard InChI is InChI=1S/C27H34Cl2N2O5S/c1-5-22(16-37(35,36)30-17(2)3)31-25(18-9-11-20(28)12-10-18)23(19-7-6-8-21(29)13-19)14-27(4,26(31)34)15-24(32)33/h6-13,17,22-23,25,30H,5,14-16H2,1-4H3,(H,32,33)/t22?,23-,25-,27-/m1/s1. The molecule has 37 heavy (non-hydrogen) atoms. The summed E-state index contributed by atoms with van der Waals surface area (Å²) < 4.78 is 28.6. The molecule has 0 saturated carbocycles. The van der Waals surface area contributed by atoms with Crippen molar-refractivity contribution in [2.24, 2.45) is 5.41 Å². The van der Waals surface area contributed by atoms with Crippen molar-refractivity contribution in [2.75, 3.05) is 5.75 Å². The zero-order chi connectivity index (χ0) is 27.5. The van der Waals surface area contributed by atoms with Crippen LogP contribution in [-0.2, 0) is 19.6 Å². The van der Waals surface area contributed by atoms with Crippen LogP contribution < -0.4 is 4.72 Å². The highest BCUT2D eigenvalue weighted by atomic mass is 35.5. The van der Waals surface area contributed by atoms with Crippen molar-refractivity contribution in [1.82, 2.24) is 9.62 Å². The van der Waals surface area contributed by atoms with E-state index in [1.807, 2.05) is 37.3 Å². The molecule has 0 bridgehead atoms. The van der Waals surface area contributed by atoms with Gasteiger partial charge in [-0.15, -0.1) is 0 Å². The number of likely N-dealkylation sites (tertiary alicyclic amines) is 1.